The molecule has 2 aromatic carbocycles. The molecule has 1 heterocycles. The minimum Gasteiger partial charge on any atom is -0.487 e. The van der Waals surface area contributed by atoms with Gasteiger partial charge < -0.3 is 9.47 Å². The molecule has 6 heteroatoms. The molecule has 0 atom stereocenters. The molecular formula is C20H16N2O3S. The molecule has 26 heavy (non-hydrogen) atoms. The number of hydrogen-bond acceptors (Lipinski definition) is 6. The number of ether oxygens (including phenoxy) is 2. The maximum Gasteiger partial charge on any atom is 0.338 e. The molecule has 130 valence electrons. The fourth-order valence-corrected chi connectivity index (χ4v) is 2.82. The molecule has 0 N–H and O–H groups in total. The van der Waals surface area contributed by atoms with Gasteiger partial charge in [0.15, 0.2) is 0 Å². The lowest BCUT2D eigenvalue weighted by atomic mass is 10.1. The highest BCUT2D eigenvalue weighted by atomic mass is 32.1. The van der Waals surface area contributed by atoms with E-state index < -0.39 is 5.97 Å². The van der Waals surface area contributed by atoms with Gasteiger partial charge in [0.05, 0.1) is 27.9 Å². The number of aromatic nitrogens is 1. The second kappa shape index (κ2) is 8.28. The van der Waals surface area contributed by atoms with Crippen LogP contribution in [-0.4, -0.2) is 11.0 Å². The van der Waals surface area contributed by atoms with Crippen molar-refractivity contribution in [1.82, 2.24) is 4.98 Å². The van der Waals surface area contributed by atoms with Crippen LogP contribution in [0.3, 0.4) is 0 Å². The van der Waals surface area contributed by atoms with Gasteiger partial charge in [-0.15, -0.1) is 11.3 Å². The zero-order valence-corrected chi connectivity index (χ0v) is 15.0. The third kappa shape index (κ3) is 4.68. The van der Waals surface area contributed by atoms with Crippen LogP contribution < -0.4 is 4.74 Å². The van der Waals surface area contributed by atoms with Crippen molar-refractivity contribution in [2.75, 3.05) is 0 Å². The second-order valence-corrected chi connectivity index (χ2v) is 6.62. The molecule has 0 unspecified atom stereocenters. The van der Waals surface area contributed by atoms with Crippen LogP contribution in [0, 0.1) is 18.3 Å². The summed E-state index contributed by atoms with van der Waals surface area (Å²) in [6, 6.07) is 15.8. The maximum absolute atomic E-state index is 12.1. The third-order valence-electron chi connectivity index (χ3n) is 3.60. The van der Waals surface area contributed by atoms with Gasteiger partial charge in [0.2, 0.25) is 0 Å². The lowest BCUT2D eigenvalue weighted by Crippen LogP contribution is -2.05. The minimum atomic E-state index is -0.406. The summed E-state index contributed by atoms with van der Waals surface area (Å²) in [4.78, 5) is 16.4. The summed E-state index contributed by atoms with van der Waals surface area (Å²) in [7, 11) is 0. The van der Waals surface area contributed by atoms with Crippen molar-refractivity contribution in [3.63, 3.8) is 0 Å². The van der Waals surface area contributed by atoms with E-state index in [1.54, 1.807) is 59.9 Å². The van der Waals surface area contributed by atoms with E-state index in [1.165, 1.54) is 0 Å². The summed E-state index contributed by atoms with van der Waals surface area (Å²) in [5.41, 5.74) is 2.74. The lowest BCUT2D eigenvalue weighted by molar-refractivity contribution is 0.0472. The van der Waals surface area contributed by atoms with Crippen LogP contribution >= 0.6 is 11.3 Å². The van der Waals surface area contributed by atoms with E-state index in [9.17, 15) is 4.79 Å². The van der Waals surface area contributed by atoms with Crippen molar-refractivity contribution in [3.05, 3.63) is 81.3 Å². The van der Waals surface area contributed by atoms with E-state index in [4.69, 9.17) is 14.7 Å². The van der Waals surface area contributed by atoms with E-state index in [0.29, 0.717) is 23.5 Å². The van der Waals surface area contributed by atoms with Crippen LogP contribution in [0.5, 0.6) is 5.75 Å². The van der Waals surface area contributed by atoms with Gasteiger partial charge in [-0.3, -0.25) is 0 Å². The van der Waals surface area contributed by atoms with Crippen LogP contribution in [0.4, 0.5) is 0 Å². The molecule has 0 bridgehead atoms. The molecule has 0 aliphatic rings. The van der Waals surface area contributed by atoms with E-state index in [1.807, 2.05) is 18.4 Å². The average molecular weight is 364 g/mol. The Kier molecular flexibility index (Phi) is 5.62. The van der Waals surface area contributed by atoms with E-state index in [0.717, 1.165) is 16.3 Å². The predicted octanol–water partition coefficient (Wildman–Crippen LogP) is 4.26. The highest BCUT2D eigenvalue weighted by Gasteiger charge is 2.08. The summed E-state index contributed by atoms with van der Waals surface area (Å²) in [6.45, 7) is 2.51. The van der Waals surface area contributed by atoms with Gasteiger partial charge in [0.1, 0.15) is 19.0 Å². The molecule has 0 radical (unpaired) electrons. The first-order chi connectivity index (χ1) is 12.6. The van der Waals surface area contributed by atoms with Crippen molar-refractivity contribution in [2.45, 2.75) is 20.1 Å². The van der Waals surface area contributed by atoms with Crippen LogP contribution in [-0.2, 0) is 18.0 Å². The zero-order chi connectivity index (χ0) is 18.4. The maximum atomic E-state index is 12.1. The minimum absolute atomic E-state index is 0.159. The molecule has 0 saturated carbocycles. The summed E-state index contributed by atoms with van der Waals surface area (Å²) >= 11 is 1.58. The van der Waals surface area contributed by atoms with Crippen LogP contribution in [0.25, 0.3) is 0 Å². The number of esters is 1. The van der Waals surface area contributed by atoms with Gasteiger partial charge in [-0.25, -0.2) is 9.78 Å². The fourth-order valence-electron chi connectivity index (χ4n) is 2.23. The summed E-state index contributed by atoms with van der Waals surface area (Å²) in [5.74, 6) is 0.260. The molecule has 3 aromatic rings. The highest BCUT2D eigenvalue weighted by Crippen LogP contribution is 2.16. The van der Waals surface area contributed by atoms with Gasteiger partial charge in [0, 0.05) is 5.38 Å². The average Bonchev–Trinajstić information content (AvgIpc) is 3.10. The first-order valence-corrected chi connectivity index (χ1v) is 8.82. The number of nitriles is 1. The number of carbonyl (C=O) groups excluding carboxylic acids is 1. The Morgan fingerprint density at radius 3 is 2.46 bits per heavy atom. The third-order valence-corrected chi connectivity index (χ3v) is 4.42. The summed E-state index contributed by atoms with van der Waals surface area (Å²) < 4.78 is 10.9. The van der Waals surface area contributed by atoms with Crippen molar-refractivity contribution >= 4 is 17.3 Å². The highest BCUT2D eigenvalue weighted by molar-refractivity contribution is 7.09. The van der Waals surface area contributed by atoms with E-state index >= 15 is 0 Å². The van der Waals surface area contributed by atoms with Gasteiger partial charge in [-0.05, 0) is 48.9 Å². The Morgan fingerprint density at radius 1 is 1.12 bits per heavy atom. The Labute approximate surface area is 155 Å². The molecule has 5 nitrogen and oxygen atoms in total. The SMILES string of the molecule is Cc1nc(COc2ccc(C(=O)OCc3ccc(C#N)cc3)cc2)cs1. The fraction of sp³-hybridized carbons (Fsp3) is 0.150. The molecular weight excluding hydrogens is 348 g/mol. The number of hydrogen-bond donors (Lipinski definition) is 0. The van der Waals surface area contributed by atoms with Gasteiger partial charge >= 0.3 is 5.97 Å². The Balaban J connectivity index is 1.52. The monoisotopic (exact) mass is 364 g/mol. The number of carbonyl (C=O) groups is 1. The molecule has 0 saturated heterocycles. The number of thiazole rings is 1. The molecule has 1 aromatic heterocycles. The lowest BCUT2D eigenvalue weighted by Gasteiger charge is -2.07. The zero-order valence-electron chi connectivity index (χ0n) is 14.1. The van der Waals surface area contributed by atoms with Crippen molar-refractivity contribution in [2.24, 2.45) is 0 Å². The second-order valence-electron chi connectivity index (χ2n) is 5.56. The van der Waals surface area contributed by atoms with Gasteiger partial charge in [-0.2, -0.15) is 5.26 Å². The standard InChI is InChI=1S/C20H16N2O3S/c1-14-22-18(13-26-14)12-24-19-8-6-17(7-9-19)20(23)25-11-16-4-2-15(10-21)3-5-16/h2-9,13H,11-12H2,1H3. The van der Waals surface area contributed by atoms with Crippen LogP contribution in [0.1, 0.15) is 32.2 Å². The molecule has 0 aliphatic heterocycles. The van der Waals surface area contributed by atoms with E-state index in [2.05, 4.69) is 4.98 Å². The molecule has 0 fully saturated rings. The van der Waals surface area contributed by atoms with Gasteiger partial charge in [-0.1, -0.05) is 12.1 Å². The van der Waals surface area contributed by atoms with Crippen LogP contribution in [0.15, 0.2) is 53.9 Å². The number of aryl methyl sites for hydroxylation is 1. The van der Waals surface area contributed by atoms with Crippen molar-refractivity contribution in [3.8, 4) is 11.8 Å². The smallest absolute Gasteiger partial charge is 0.338 e. The number of rotatable bonds is 6. The van der Waals surface area contributed by atoms with Crippen molar-refractivity contribution in [1.29, 1.82) is 5.26 Å². The van der Waals surface area contributed by atoms with Crippen LogP contribution in [0.2, 0.25) is 0 Å². The predicted molar refractivity (Wildman–Crippen MR) is 97.9 cm³/mol. The summed E-state index contributed by atoms with van der Waals surface area (Å²) in [6.07, 6.45) is 0. The number of nitrogens with zero attached hydrogens (tertiary/aromatic N) is 2. The molecule has 3 rings (SSSR count). The quantitative estimate of drug-likeness (QED) is 0.611. The Morgan fingerprint density at radius 2 is 1.85 bits per heavy atom. The first kappa shape index (κ1) is 17.6. The topological polar surface area (TPSA) is 72.2 Å². The molecule has 0 amide bonds. The molecule has 0 aliphatic carbocycles. The van der Waals surface area contributed by atoms with E-state index in [-0.39, 0.29) is 6.61 Å². The first-order valence-electron chi connectivity index (χ1n) is 7.94. The Bertz CT molecular complexity index is 925. The molecule has 0 spiro atoms. The largest absolute Gasteiger partial charge is 0.487 e. The van der Waals surface area contributed by atoms with Gasteiger partial charge in [0.25, 0.3) is 0 Å². The van der Waals surface area contributed by atoms with Crippen molar-refractivity contribution < 1.29 is 14.3 Å². The number of benzene rings is 2. The summed E-state index contributed by atoms with van der Waals surface area (Å²) in [5, 5.41) is 11.7. The normalized spacial score (nSPS) is 10.2. The Hall–Kier alpha value is -3.17.